The molecule has 1 aliphatic heterocycles. The molecule has 0 radical (unpaired) electrons. The van der Waals surface area contributed by atoms with E-state index in [1.807, 2.05) is 27.7 Å². The maximum Gasteiger partial charge on any atom is 0.0290 e. The molecule has 27 heavy (non-hydrogen) atoms. The van der Waals surface area contributed by atoms with Crippen LogP contribution in [0.15, 0.2) is 48.7 Å². The highest BCUT2D eigenvalue weighted by atomic mass is 15.2. The van der Waals surface area contributed by atoms with E-state index in [0.29, 0.717) is 0 Å². The summed E-state index contributed by atoms with van der Waals surface area (Å²) < 4.78 is 0. The Bertz CT molecular complexity index is 383. The molecule has 0 atom stereocenters. The molecule has 1 heterocycles. The molecule has 3 N–H and O–H groups in total. The largest absolute Gasteiger partial charge is 0.372 e. The van der Waals surface area contributed by atoms with Crippen LogP contribution < -0.4 is 11.3 Å². The zero-order valence-corrected chi connectivity index (χ0v) is 18.7. The fraction of sp³-hybridized carbons (Fsp3) is 0.667. The summed E-state index contributed by atoms with van der Waals surface area (Å²) in [6, 6.07) is 0. The maximum atomic E-state index is 5.37. The van der Waals surface area contributed by atoms with Crippen molar-refractivity contribution in [2.24, 2.45) is 5.84 Å². The van der Waals surface area contributed by atoms with Crippen molar-refractivity contribution in [1.82, 2.24) is 10.3 Å². The number of nitrogens with two attached hydrogens (primary N) is 1. The quantitative estimate of drug-likeness (QED) is 0.333. The Morgan fingerprint density at radius 3 is 2.07 bits per heavy atom. The Morgan fingerprint density at radius 2 is 1.44 bits per heavy atom. The first-order valence-corrected chi connectivity index (χ1v) is 11.2. The first kappa shape index (κ1) is 27.9. The molecular formula is C24H47N3. The number of hydrazine groups is 1. The third-order valence-corrected chi connectivity index (χ3v) is 4.16. The van der Waals surface area contributed by atoms with Crippen LogP contribution in [0.4, 0.5) is 0 Å². The van der Waals surface area contributed by atoms with Crippen LogP contribution in [0.5, 0.6) is 0 Å². The van der Waals surface area contributed by atoms with Gasteiger partial charge in [0.2, 0.25) is 0 Å². The summed E-state index contributed by atoms with van der Waals surface area (Å²) in [4.78, 5) is 2.36. The predicted molar refractivity (Wildman–Crippen MR) is 125 cm³/mol. The molecule has 0 unspecified atom stereocenters. The summed E-state index contributed by atoms with van der Waals surface area (Å²) in [5.74, 6) is 5.37. The van der Waals surface area contributed by atoms with Gasteiger partial charge in [-0.2, -0.15) is 0 Å². The molecule has 3 heteroatoms. The first-order chi connectivity index (χ1) is 13.3. The molecule has 158 valence electrons. The average molecular weight is 378 g/mol. The van der Waals surface area contributed by atoms with Gasteiger partial charge in [0.05, 0.1) is 0 Å². The van der Waals surface area contributed by atoms with Gasteiger partial charge in [-0.3, -0.25) is 11.3 Å². The summed E-state index contributed by atoms with van der Waals surface area (Å²) in [7, 11) is 0. The Hall–Kier alpha value is -1.32. The molecule has 1 rings (SSSR count). The average Bonchev–Trinajstić information content (AvgIpc) is 2.72. The third kappa shape index (κ3) is 19.3. The SMILES string of the molecule is C=C1/C=C\CCCCCCC/C=C\C=C/CCN1CCCNN.CC.CC. The summed E-state index contributed by atoms with van der Waals surface area (Å²) in [5, 5.41) is 0. The van der Waals surface area contributed by atoms with E-state index in [2.05, 4.69) is 53.4 Å². The molecule has 0 aromatic carbocycles. The van der Waals surface area contributed by atoms with E-state index < -0.39 is 0 Å². The van der Waals surface area contributed by atoms with Crippen LogP contribution in [-0.2, 0) is 0 Å². The molecule has 0 fully saturated rings. The molecule has 0 saturated carbocycles. The second-order valence-electron chi connectivity index (χ2n) is 6.18. The van der Waals surface area contributed by atoms with Crippen LogP contribution in [0, 0.1) is 0 Å². The van der Waals surface area contributed by atoms with Crippen molar-refractivity contribution in [1.29, 1.82) is 0 Å². The molecular weight excluding hydrogens is 330 g/mol. The van der Waals surface area contributed by atoms with E-state index >= 15 is 0 Å². The molecule has 3 nitrogen and oxygen atoms in total. The van der Waals surface area contributed by atoms with Crippen molar-refractivity contribution in [3.63, 3.8) is 0 Å². The van der Waals surface area contributed by atoms with Crippen LogP contribution in [0.25, 0.3) is 0 Å². The van der Waals surface area contributed by atoms with Crippen molar-refractivity contribution in [2.45, 2.75) is 85.5 Å². The smallest absolute Gasteiger partial charge is 0.0290 e. The van der Waals surface area contributed by atoms with Gasteiger partial charge in [0.1, 0.15) is 0 Å². The van der Waals surface area contributed by atoms with Crippen molar-refractivity contribution in [2.75, 3.05) is 19.6 Å². The second-order valence-corrected chi connectivity index (χ2v) is 6.18. The second kappa shape index (κ2) is 24.7. The van der Waals surface area contributed by atoms with Gasteiger partial charge >= 0.3 is 0 Å². The topological polar surface area (TPSA) is 41.3 Å². The third-order valence-electron chi connectivity index (χ3n) is 4.16. The molecule has 1 aliphatic rings. The standard InChI is InChI=1S/C20H35N3.2C2H6/c1-20-16-13-11-9-7-5-3-2-4-6-8-10-12-14-18-23(20)19-15-17-22-21;2*1-2/h6,8,10,12-13,16,22H,1-5,7,9,11,14-15,17-19,21H2;2*1-2H3/b8-6-,12-10-,16-13-;;. The summed E-state index contributed by atoms with van der Waals surface area (Å²) in [6.45, 7) is 15.1. The summed E-state index contributed by atoms with van der Waals surface area (Å²) >= 11 is 0. The molecule has 0 aromatic rings. The Morgan fingerprint density at radius 1 is 0.889 bits per heavy atom. The fourth-order valence-corrected chi connectivity index (χ4v) is 2.73. The predicted octanol–water partition coefficient (Wildman–Crippen LogP) is 6.51. The van der Waals surface area contributed by atoms with Gasteiger partial charge in [-0.05, 0) is 44.6 Å². The number of hydrogen-bond acceptors (Lipinski definition) is 3. The molecule has 0 saturated heterocycles. The van der Waals surface area contributed by atoms with Crippen molar-refractivity contribution in [3.8, 4) is 0 Å². The van der Waals surface area contributed by atoms with Crippen molar-refractivity contribution < 1.29 is 0 Å². The Labute approximate surface area is 170 Å². The molecule has 0 bridgehead atoms. The van der Waals surface area contributed by atoms with Gasteiger partial charge in [0.25, 0.3) is 0 Å². The van der Waals surface area contributed by atoms with E-state index in [4.69, 9.17) is 5.84 Å². The van der Waals surface area contributed by atoms with Gasteiger partial charge in [0.15, 0.2) is 0 Å². The maximum absolute atomic E-state index is 5.37. The molecule has 0 aromatic heterocycles. The minimum Gasteiger partial charge on any atom is -0.372 e. The molecule has 0 aliphatic carbocycles. The highest BCUT2D eigenvalue weighted by Gasteiger charge is 2.04. The van der Waals surface area contributed by atoms with Crippen LogP contribution in [0.2, 0.25) is 0 Å². The summed E-state index contributed by atoms with van der Waals surface area (Å²) in [6.07, 6.45) is 24.5. The number of rotatable bonds is 4. The van der Waals surface area contributed by atoms with Gasteiger partial charge in [-0.25, -0.2) is 0 Å². The highest BCUT2D eigenvalue weighted by molar-refractivity contribution is 5.13. The number of hydrogen-bond donors (Lipinski definition) is 2. The van der Waals surface area contributed by atoms with E-state index in [1.54, 1.807) is 0 Å². The number of nitrogens with one attached hydrogen (secondary N) is 1. The zero-order chi connectivity index (χ0) is 20.6. The zero-order valence-electron chi connectivity index (χ0n) is 18.7. The van der Waals surface area contributed by atoms with Crippen molar-refractivity contribution >= 4 is 0 Å². The summed E-state index contributed by atoms with van der Waals surface area (Å²) in [5.41, 5.74) is 3.85. The highest BCUT2D eigenvalue weighted by Crippen LogP contribution is 2.11. The Kier molecular flexibility index (Phi) is 25.5. The minimum absolute atomic E-state index is 0.839. The number of nitrogens with zero attached hydrogens (tertiary/aromatic N) is 1. The van der Waals surface area contributed by atoms with Gasteiger partial charge < -0.3 is 4.90 Å². The molecule has 0 amide bonds. The normalized spacial score (nSPS) is 20.2. The van der Waals surface area contributed by atoms with Gasteiger partial charge in [0, 0.05) is 25.3 Å². The van der Waals surface area contributed by atoms with Gasteiger partial charge in [-0.1, -0.05) is 83.9 Å². The fourth-order valence-electron chi connectivity index (χ4n) is 2.73. The molecule has 0 spiro atoms. The number of allylic oxidation sites excluding steroid dienone is 5. The lowest BCUT2D eigenvalue weighted by Crippen LogP contribution is -2.29. The monoisotopic (exact) mass is 377 g/mol. The Balaban J connectivity index is 0. The lowest BCUT2D eigenvalue weighted by Gasteiger charge is -2.24. The van der Waals surface area contributed by atoms with E-state index in [0.717, 1.165) is 44.6 Å². The lowest BCUT2D eigenvalue weighted by molar-refractivity contribution is 0.353. The van der Waals surface area contributed by atoms with Crippen molar-refractivity contribution in [3.05, 3.63) is 48.7 Å². The van der Waals surface area contributed by atoms with Gasteiger partial charge in [-0.15, -0.1) is 0 Å². The minimum atomic E-state index is 0.839. The van der Waals surface area contributed by atoms with E-state index in [-0.39, 0.29) is 0 Å². The lowest BCUT2D eigenvalue weighted by atomic mass is 10.1. The van der Waals surface area contributed by atoms with E-state index in [1.165, 1.54) is 38.5 Å². The van der Waals surface area contributed by atoms with Crippen LogP contribution in [-0.4, -0.2) is 24.5 Å². The van der Waals surface area contributed by atoms with Crippen LogP contribution >= 0.6 is 0 Å². The van der Waals surface area contributed by atoms with E-state index in [9.17, 15) is 0 Å². The van der Waals surface area contributed by atoms with Crippen LogP contribution in [0.3, 0.4) is 0 Å². The van der Waals surface area contributed by atoms with Crippen LogP contribution in [0.1, 0.15) is 85.5 Å². The first-order valence-electron chi connectivity index (χ1n) is 11.2.